The van der Waals surface area contributed by atoms with Crippen molar-refractivity contribution in [2.24, 2.45) is 4.99 Å². The molecule has 1 unspecified atom stereocenters. The van der Waals surface area contributed by atoms with Gasteiger partial charge in [0.05, 0.1) is 13.7 Å². The highest BCUT2D eigenvalue weighted by molar-refractivity contribution is 5.84. The third-order valence-corrected chi connectivity index (χ3v) is 4.09. The van der Waals surface area contributed by atoms with E-state index in [1.54, 1.807) is 0 Å². The number of guanidine groups is 1. The fraction of sp³-hybridized carbons (Fsp3) is 0.333. The lowest BCUT2D eigenvalue weighted by Crippen LogP contribution is -2.39. The Hall–Kier alpha value is -3.02. The molecule has 1 atom stereocenters. The van der Waals surface area contributed by atoms with Gasteiger partial charge in [-0.3, -0.25) is 5.32 Å². The molecule has 3 N–H and O–H groups in total. The van der Waals surface area contributed by atoms with Gasteiger partial charge in [0.2, 0.25) is 0 Å². The fourth-order valence-electron chi connectivity index (χ4n) is 2.52. The van der Waals surface area contributed by atoms with Crippen LogP contribution in [0.3, 0.4) is 0 Å². The van der Waals surface area contributed by atoms with Crippen molar-refractivity contribution in [1.82, 2.24) is 10.6 Å². The third kappa shape index (κ3) is 7.01. The van der Waals surface area contributed by atoms with Gasteiger partial charge in [-0.15, -0.1) is 0 Å². The average molecular weight is 368 g/mol. The number of benzene rings is 2. The van der Waals surface area contributed by atoms with Gasteiger partial charge in [-0.25, -0.2) is 9.79 Å². The second-order valence-corrected chi connectivity index (χ2v) is 6.20. The van der Waals surface area contributed by atoms with Crippen molar-refractivity contribution >= 4 is 17.7 Å². The van der Waals surface area contributed by atoms with E-state index in [0.717, 1.165) is 24.6 Å². The molecule has 0 saturated heterocycles. The Labute approximate surface area is 161 Å². The second-order valence-electron chi connectivity index (χ2n) is 6.20. The fourth-order valence-corrected chi connectivity index (χ4v) is 2.52. The van der Waals surface area contributed by atoms with Crippen molar-refractivity contribution in [3.05, 3.63) is 65.7 Å². The van der Waals surface area contributed by atoms with E-state index in [1.165, 1.54) is 12.7 Å². The zero-order valence-electron chi connectivity index (χ0n) is 16.2. The first kappa shape index (κ1) is 20.3. The highest BCUT2D eigenvalue weighted by atomic mass is 16.5. The Morgan fingerprint density at radius 1 is 1.07 bits per heavy atom. The van der Waals surface area contributed by atoms with Gasteiger partial charge < -0.3 is 15.4 Å². The first-order valence-corrected chi connectivity index (χ1v) is 9.13. The van der Waals surface area contributed by atoms with Crippen LogP contribution in [0.5, 0.6) is 0 Å². The van der Waals surface area contributed by atoms with E-state index < -0.39 is 6.09 Å². The largest absolute Gasteiger partial charge is 0.453 e. The highest BCUT2D eigenvalue weighted by Gasteiger charge is 2.06. The second kappa shape index (κ2) is 10.9. The summed E-state index contributed by atoms with van der Waals surface area (Å²) in [4.78, 5) is 15.8. The van der Waals surface area contributed by atoms with Crippen LogP contribution in [-0.4, -0.2) is 32.3 Å². The highest BCUT2D eigenvalue weighted by Crippen LogP contribution is 2.13. The third-order valence-electron chi connectivity index (χ3n) is 4.09. The summed E-state index contributed by atoms with van der Waals surface area (Å²) in [7, 11) is 1.34. The van der Waals surface area contributed by atoms with Crippen LogP contribution in [0.2, 0.25) is 0 Å². The number of ether oxygens (including phenoxy) is 1. The van der Waals surface area contributed by atoms with Crippen LogP contribution in [0, 0.1) is 0 Å². The van der Waals surface area contributed by atoms with Crippen molar-refractivity contribution in [3.63, 3.8) is 0 Å². The zero-order valence-corrected chi connectivity index (χ0v) is 16.2. The molecule has 27 heavy (non-hydrogen) atoms. The number of carbonyl (C=O) groups is 1. The number of nitrogens with one attached hydrogen (secondary N) is 3. The number of carbonyl (C=O) groups excluding carboxylic acids is 1. The summed E-state index contributed by atoms with van der Waals surface area (Å²) < 4.78 is 4.58. The number of methoxy groups -OCH3 is 1. The molecule has 0 aliphatic rings. The summed E-state index contributed by atoms with van der Waals surface area (Å²) in [5, 5.41) is 9.30. The summed E-state index contributed by atoms with van der Waals surface area (Å²) in [6.07, 6.45) is -0.480. The molecule has 2 aromatic carbocycles. The molecule has 0 heterocycles. The van der Waals surface area contributed by atoms with E-state index in [-0.39, 0.29) is 0 Å². The van der Waals surface area contributed by atoms with Gasteiger partial charge in [0, 0.05) is 18.8 Å². The van der Waals surface area contributed by atoms with Crippen LogP contribution in [-0.2, 0) is 11.3 Å². The molecule has 2 aromatic rings. The minimum atomic E-state index is -0.480. The maximum atomic E-state index is 11.2. The Kier molecular flexibility index (Phi) is 8.16. The van der Waals surface area contributed by atoms with Crippen LogP contribution in [0.15, 0.2) is 59.6 Å². The van der Waals surface area contributed by atoms with Gasteiger partial charge in [-0.2, -0.15) is 0 Å². The molecule has 0 aliphatic carbocycles. The maximum Gasteiger partial charge on any atom is 0.411 e. The SMILES string of the molecule is CCNC(=NCc1ccc(NC(=O)OC)cc1)NCC(C)c1ccccc1. The first-order chi connectivity index (χ1) is 13.1. The lowest BCUT2D eigenvalue weighted by molar-refractivity contribution is 0.187. The Morgan fingerprint density at radius 2 is 1.78 bits per heavy atom. The van der Waals surface area contributed by atoms with Crippen molar-refractivity contribution in [3.8, 4) is 0 Å². The van der Waals surface area contributed by atoms with Gasteiger partial charge >= 0.3 is 6.09 Å². The summed E-state index contributed by atoms with van der Waals surface area (Å²) in [6.45, 7) is 6.39. The molecule has 0 aromatic heterocycles. The van der Waals surface area contributed by atoms with E-state index >= 15 is 0 Å². The number of amides is 1. The van der Waals surface area contributed by atoms with Crippen molar-refractivity contribution in [2.75, 3.05) is 25.5 Å². The molecular weight excluding hydrogens is 340 g/mol. The molecule has 0 fully saturated rings. The summed E-state index contributed by atoms with van der Waals surface area (Å²) in [6, 6.07) is 18.0. The Bertz CT molecular complexity index is 730. The van der Waals surface area contributed by atoms with Crippen LogP contribution in [0.1, 0.15) is 30.9 Å². The standard InChI is InChI=1S/C21H28N4O2/c1-4-22-20(23-14-16(2)18-8-6-5-7-9-18)24-15-17-10-12-19(13-11-17)25-21(26)27-3/h5-13,16H,4,14-15H2,1-3H3,(H,25,26)(H2,22,23,24). The van der Waals surface area contributed by atoms with Crippen molar-refractivity contribution in [2.45, 2.75) is 26.3 Å². The number of hydrogen-bond acceptors (Lipinski definition) is 3. The molecule has 0 spiro atoms. The molecule has 0 bridgehead atoms. The maximum absolute atomic E-state index is 11.2. The van der Waals surface area contributed by atoms with Gasteiger partial charge in [0.15, 0.2) is 5.96 Å². The molecule has 0 radical (unpaired) electrons. The molecular formula is C21H28N4O2. The quantitative estimate of drug-likeness (QED) is 0.514. The van der Waals surface area contributed by atoms with Crippen LogP contribution in [0.25, 0.3) is 0 Å². The first-order valence-electron chi connectivity index (χ1n) is 9.13. The van der Waals surface area contributed by atoms with E-state index in [2.05, 4.69) is 56.9 Å². The van der Waals surface area contributed by atoms with Crippen molar-refractivity contribution in [1.29, 1.82) is 0 Å². The number of hydrogen-bond donors (Lipinski definition) is 3. The normalized spacial score (nSPS) is 12.2. The number of nitrogens with zero attached hydrogens (tertiary/aromatic N) is 1. The molecule has 6 heteroatoms. The van der Waals surface area contributed by atoms with Gasteiger partial charge in [0.25, 0.3) is 0 Å². The summed E-state index contributed by atoms with van der Waals surface area (Å²) in [5.74, 6) is 1.18. The molecule has 2 rings (SSSR count). The smallest absolute Gasteiger partial charge is 0.411 e. The number of anilines is 1. The monoisotopic (exact) mass is 368 g/mol. The summed E-state index contributed by atoms with van der Waals surface area (Å²) in [5.41, 5.74) is 3.05. The number of rotatable bonds is 7. The lowest BCUT2D eigenvalue weighted by Gasteiger charge is -2.16. The summed E-state index contributed by atoms with van der Waals surface area (Å²) >= 11 is 0. The van der Waals surface area contributed by atoms with Gasteiger partial charge in [-0.05, 0) is 36.1 Å². The van der Waals surface area contributed by atoms with E-state index in [4.69, 9.17) is 0 Å². The predicted octanol–water partition coefficient (Wildman–Crippen LogP) is 3.72. The average Bonchev–Trinajstić information content (AvgIpc) is 2.71. The molecule has 144 valence electrons. The number of aliphatic imine (C=N–C) groups is 1. The minimum Gasteiger partial charge on any atom is -0.453 e. The van der Waals surface area contributed by atoms with Gasteiger partial charge in [0.1, 0.15) is 0 Å². The Balaban J connectivity index is 1.91. The van der Waals surface area contributed by atoms with Crippen molar-refractivity contribution < 1.29 is 9.53 Å². The molecule has 0 saturated carbocycles. The Morgan fingerprint density at radius 3 is 2.41 bits per heavy atom. The zero-order chi connectivity index (χ0) is 19.5. The van der Waals surface area contributed by atoms with Crippen LogP contribution in [0.4, 0.5) is 10.5 Å². The van der Waals surface area contributed by atoms with E-state index in [9.17, 15) is 4.79 Å². The molecule has 0 aliphatic heterocycles. The lowest BCUT2D eigenvalue weighted by atomic mass is 10.0. The van der Waals surface area contributed by atoms with Gasteiger partial charge in [-0.1, -0.05) is 49.4 Å². The van der Waals surface area contributed by atoms with E-state index in [0.29, 0.717) is 18.2 Å². The van der Waals surface area contributed by atoms with E-state index in [1.807, 2.05) is 37.3 Å². The minimum absolute atomic E-state index is 0.388. The topological polar surface area (TPSA) is 74.8 Å². The molecule has 1 amide bonds. The molecule has 6 nitrogen and oxygen atoms in total. The van der Waals surface area contributed by atoms with Crippen LogP contribution >= 0.6 is 0 Å². The predicted molar refractivity (Wildman–Crippen MR) is 110 cm³/mol. The van der Waals surface area contributed by atoms with Crippen LogP contribution < -0.4 is 16.0 Å².